The van der Waals surface area contributed by atoms with Crippen molar-refractivity contribution in [3.05, 3.63) is 59.7 Å². The van der Waals surface area contributed by atoms with E-state index >= 15 is 0 Å². The van der Waals surface area contributed by atoms with Crippen LogP contribution in [0.2, 0.25) is 0 Å². The molecule has 1 aliphatic rings. The van der Waals surface area contributed by atoms with Gasteiger partial charge in [0.2, 0.25) is 26.0 Å². The van der Waals surface area contributed by atoms with Gasteiger partial charge >= 0.3 is 0 Å². The highest BCUT2D eigenvalue weighted by atomic mass is 32.2. The number of carbonyl (C=O) groups excluding carboxylic acids is 2. The summed E-state index contributed by atoms with van der Waals surface area (Å²) in [6.45, 7) is 2.66. The van der Waals surface area contributed by atoms with Crippen LogP contribution in [0, 0.1) is 6.92 Å². The monoisotopic (exact) mass is 494 g/mol. The first-order valence-electron chi connectivity index (χ1n) is 10.4. The lowest BCUT2D eigenvalue weighted by molar-refractivity contribution is -0.121. The molecule has 10 nitrogen and oxygen atoms in total. The van der Waals surface area contributed by atoms with Crippen LogP contribution < -0.4 is 15.6 Å². The minimum Gasteiger partial charge on any atom is -0.273 e. The molecule has 0 saturated carbocycles. The standard InChI is InChI=1S/C21H26N4O6S2/c1-16-4-8-18(9-5-16)32(28,29)22-13-12-20(26)23-24-21(27)17-6-10-19(11-7-17)33(30,31)25-14-2-3-15-25/h4-11,22H,2-3,12-15H2,1H3,(H,23,26)(H,24,27). The Hall–Kier alpha value is -2.80. The Morgan fingerprint density at radius 1 is 0.848 bits per heavy atom. The van der Waals surface area contributed by atoms with Crippen molar-refractivity contribution in [2.75, 3.05) is 19.6 Å². The molecule has 0 bridgehead atoms. The zero-order valence-electron chi connectivity index (χ0n) is 18.1. The van der Waals surface area contributed by atoms with Crippen LogP contribution in [0.1, 0.15) is 35.2 Å². The molecule has 2 aromatic rings. The molecule has 2 aromatic carbocycles. The van der Waals surface area contributed by atoms with E-state index in [0.29, 0.717) is 13.1 Å². The summed E-state index contributed by atoms with van der Waals surface area (Å²) in [5, 5.41) is 0. The van der Waals surface area contributed by atoms with Crippen LogP contribution in [0.25, 0.3) is 0 Å². The zero-order chi connectivity index (χ0) is 24.1. The molecule has 1 saturated heterocycles. The van der Waals surface area contributed by atoms with Gasteiger partial charge < -0.3 is 0 Å². The van der Waals surface area contributed by atoms with E-state index in [1.54, 1.807) is 12.1 Å². The molecule has 33 heavy (non-hydrogen) atoms. The summed E-state index contributed by atoms with van der Waals surface area (Å²) >= 11 is 0. The molecule has 3 N–H and O–H groups in total. The fourth-order valence-corrected chi connectivity index (χ4v) is 5.77. The SMILES string of the molecule is Cc1ccc(S(=O)(=O)NCCC(=O)NNC(=O)c2ccc(S(=O)(=O)N3CCCC3)cc2)cc1. The third kappa shape index (κ3) is 6.38. The Morgan fingerprint density at radius 2 is 1.42 bits per heavy atom. The Bertz CT molecular complexity index is 1200. The van der Waals surface area contributed by atoms with E-state index in [0.717, 1.165) is 18.4 Å². The maximum Gasteiger partial charge on any atom is 0.269 e. The summed E-state index contributed by atoms with van der Waals surface area (Å²) in [5.41, 5.74) is 5.51. The van der Waals surface area contributed by atoms with Gasteiger partial charge in [-0.05, 0) is 56.2 Å². The molecule has 0 radical (unpaired) electrons. The van der Waals surface area contributed by atoms with Crippen LogP contribution in [-0.2, 0) is 24.8 Å². The van der Waals surface area contributed by atoms with E-state index in [-0.39, 0.29) is 28.3 Å². The number of hydrazine groups is 1. The van der Waals surface area contributed by atoms with Crippen LogP contribution in [0.3, 0.4) is 0 Å². The number of hydrogen-bond acceptors (Lipinski definition) is 6. The molecule has 2 amide bonds. The van der Waals surface area contributed by atoms with E-state index in [2.05, 4.69) is 15.6 Å². The van der Waals surface area contributed by atoms with Crippen molar-refractivity contribution in [1.82, 2.24) is 19.9 Å². The van der Waals surface area contributed by atoms with Crippen molar-refractivity contribution in [2.24, 2.45) is 0 Å². The molecule has 0 spiro atoms. The minimum absolute atomic E-state index is 0.0944. The largest absolute Gasteiger partial charge is 0.273 e. The highest BCUT2D eigenvalue weighted by Crippen LogP contribution is 2.21. The Balaban J connectivity index is 1.46. The summed E-state index contributed by atoms with van der Waals surface area (Å²) in [6.07, 6.45) is 1.46. The first-order valence-corrected chi connectivity index (χ1v) is 13.3. The minimum atomic E-state index is -3.74. The average Bonchev–Trinajstić information content (AvgIpc) is 3.34. The number of rotatable bonds is 8. The lowest BCUT2D eigenvalue weighted by atomic mass is 10.2. The Labute approximate surface area is 193 Å². The Kier molecular flexibility index (Phi) is 7.84. The Morgan fingerprint density at radius 3 is 2.03 bits per heavy atom. The first-order chi connectivity index (χ1) is 15.6. The smallest absolute Gasteiger partial charge is 0.269 e. The zero-order valence-corrected chi connectivity index (χ0v) is 19.7. The molecule has 12 heteroatoms. The fraction of sp³-hybridized carbons (Fsp3) is 0.333. The summed E-state index contributed by atoms with van der Waals surface area (Å²) in [6, 6.07) is 11.7. The number of carbonyl (C=O) groups is 2. The number of sulfonamides is 2. The second-order valence-electron chi connectivity index (χ2n) is 7.60. The van der Waals surface area contributed by atoms with E-state index in [9.17, 15) is 26.4 Å². The summed E-state index contributed by atoms with van der Waals surface area (Å²) in [7, 11) is -7.32. The van der Waals surface area contributed by atoms with Crippen LogP contribution in [0.5, 0.6) is 0 Å². The number of hydrogen-bond donors (Lipinski definition) is 3. The third-order valence-electron chi connectivity index (χ3n) is 5.11. The van der Waals surface area contributed by atoms with Crippen LogP contribution in [0.15, 0.2) is 58.3 Å². The molecule has 178 valence electrons. The number of amides is 2. The van der Waals surface area contributed by atoms with Crippen molar-refractivity contribution in [3.63, 3.8) is 0 Å². The van der Waals surface area contributed by atoms with Gasteiger partial charge in [0.25, 0.3) is 5.91 Å². The fourth-order valence-electron chi connectivity index (χ4n) is 3.22. The quantitative estimate of drug-likeness (QED) is 0.466. The lowest BCUT2D eigenvalue weighted by Gasteiger charge is -2.15. The van der Waals surface area contributed by atoms with Gasteiger partial charge in [-0.3, -0.25) is 20.4 Å². The lowest BCUT2D eigenvalue weighted by Crippen LogP contribution is -2.42. The predicted molar refractivity (Wildman–Crippen MR) is 121 cm³/mol. The molecular weight excluding hydrogens is 468 g/mol. The maximum absolute atomic E-state index is 12.5. The van der Waals surface area contributed by atoms with Gasteiger partial charge in [0.1, 0.15) is 0 Å². The van der Waals surface area contributed by atoms with E-state index in [1.807, 2.05) is 6.92 Å². The molecule has 0 aromatic heterocycles. The summed E-state index contributed by atoms with van der Waals surface area (Å²) in [4.78, 5) is 24.3. The van der Waals surface area contributed by atoms with E-state index in [4.69, 9.17) is 0 Å². The number of aryl methyl sites for hydroxylation is 1. The molecule has 1 heterocycles. The van der Waals surface area contributed by atoms with Crippen LogP contribution in [-0.4, -0.2) is 52.6 Å². The molecule has 0 atom stereocenters. The third-order valence-corrected chi connectivity index (χ3v) is 8.50. The highest BCUT2D eigenvalue weighted by molar-refractivity contribution is 7.89. The molecular formula is C21H26N4O6S2. The number of benzene rings is 2. The van der Waals surface area contributed by atoms with Crippen LogP contribution in [0.4, 0.5) is 0 Å². The molecule has 0 unspecified atom stereocenters. The van der Waals surface area contributed by atoms with Gasteiger partial charge in [0.15, 0.2) is 0 Å². The predicted octanol–water partition coefficient (Wildman–Crippen LogP) is 0.909. The summed E-state index contributed by atoms with van der Waals surface area (Å²) in [5.74, 6) is -1.23. The molecule has 0 aliphatic carbocycles. The van der Waals surface area contributed by atoms with Crippen molar-refractivity contribution in [2.45, 2.75) is 36.0 Å². The first kappa shape index (κ1) is 24.8. The second kappa shape index (κ2) is 10.4. The number of nitrogens with zero attached hydrogens (tertiary/aromatic N) is 1. The second-order valence-corrected chi connectivity index (χ2v) is 11.3. The molecule has 1 fully saturated rings. The van der Waals surface area contributed by atoms with Gasteiger partial charge in [-0.15, -0.1) is 0 Å². The van der Waals surface area contributed by atoms with Crippen molar-refractivity contribution in [3.8, 4) is 0 Å². The van der Waals surface area contributed by atoms with Crippen molar-refractivity contribution < 1.29 is 26.4 Å². The average molecular weight is 495 g/mol. The van der Waals surface area contributed by atoms with E-state index in [1.165, 1.54) is 40.7 Å². The molecule has 3 rings (SSSR count). The number of nitrogens with one attached hydrogen (secondary N) is 3. The van der Waals surface area contributed by atoms with Gasteiger partial charge in [-0.25, -0.2) is 21.6 Å². The topological polar surface area (TPSA) is 142 Å². The maximum atomic E-state index is 12.5. The van der Waals surface area contributed by atoms with Crippen LogP contribution >= 0.6 is 0 Å². The van der Waals surface area contributed by atoms with Gasteiger partial charge in [0.05, 0.1) is 9.79 Å². The molecule has 1 aliphatic heterocycles. The normalized spacial score (nSPS) is 14.7. The summed E-state index contributed by atoms with van der Waals surface area (Å²) < 4.78 is 53.2. The highest BCUT2D eigenvalue weighted by Gasteiger charge is 2.27. The van der Waals surface area contributed by atoms with Gasteiger partial charge in [-0.2, -0.15) is 4.31 Å². The van der Waals surface area contributed by atoms with Crippen molar-refractivity contribution >= 4 is 31.9 Å². The van der Waals surface area contributed by atoms with Crippen molar-refractivity contribution in [1.29, 1.82) is 0 Å². The van der Waals surface area contributed by atoms with E-state index < -0.39 is 31.9 Å². The van der Waals surface area contributed by atoms with Gasteiger partial charge in [0, 0.05) is 31.6 Å². The van der Waals surface area contributed by atoms with Gasteiger partial charge in [-0.1, -0.05) is 17.7 Å².